The van der Waals surface area contributed by atoms with Crippen molar-refractivity contribution in [1.29, 1.82) is 0 Å². The molecule has 15 heterocycles. The summed E-state index contributed by atoms with van der Waals surface area (Å²) < 4.78 is 14.2. The first-order chi connectivity index (χ1) is 74.5. The fourth-order valence-electron chi connectivity index (χ4n) is 24.0. The monoisotopic (exact) mass is 1910 g/mol. The number of para-hydroxylation sites is 12. The SMILES string of the molecule is c1ccc(-c2ccc(-c3nc4ccccc4nc3-n3c4cccc5c6cccc7c8ccccc8n(c8cccc3c8c54)c67)nc2)cc1.c1ccc(-c2cnc(-c3nc4ccccc4nc3-n3c4cccc5c6cccc7c8ccccc8n(c8cccc3c8c54)c67)nc2)cc1.c1ccc(-c2nc(-c3ccccc3)nc(-c3nc4ccccc4nc3-n3c4cccc5c6cccc7c8ccccc8n(c8cccc3c8c54)c67)n2)cc1. The van der Waals surface area contributed by atoms with Crippen molar-refractivity contribution in [2.24, 2.45) is 0 Å². The molecule has 694 valence electrons. The van der Waals surface area contributed by atoms with Crippen LogP contribution < -0.4 is 0 Å². The van der Waals surface area contributed by atoms with Gasteiger partial charge in [0.05, 0.1) is 122 Å². The van der Waals surface area contributed by atoms with Gasteiger partial charge in [-0.15, -0.1) is 0 Å². The molecule has 0 aliphatic rings. The highest BCUT2D eigenvalue weighted by molar-refractivity contribution is 6.35. The molecule has 34 aromatic rings. The molecule has 0 atom stereocenters. The maximum atomic E-state index is 5.42. The summed E-state index contributed by atoms with van der Waals surface area (Å²) in [7, 11) is 0. The summed E-state index contributed by atoms with van der Waals surface area (Å²) >= 11 is 0. The zero-order valence-electron chi connectivity index (χ0n) is 79.9. The third kappa shape index (κ3) is 12.2. The van der Waals surface area contributed by atoms with E-state index in [0.717, 1.165) is 133 Å². The van der Waals surface area contributed by atoms with Crippen molar-refractivity contribution in [3.8, 4) is 96.9 Å². The lowest BCUT2D eigenvalue weighted by Crippen LogP contribution is -2.07. The predicted molar refractivity (Wildman–Crippen MR) is 610 cm³/mol. The Bertz CT molecular complexity index is 11100. The van der Waals surface area contributed by atoms with Crippen LogP contribution in [0.1, 0.15) is 0 Å². The third-order valence-corrected chi connectivity index (χ3v) is 30.3. The van der Waals surface area contributed by atoms with Crippen LogP contribution in [0.3, 0.4) is 0 Å². The summed E-state index contributed by atoms with van der Waals surface area (Å²) in [6.45, 7) is 0. The average molecular weight is 1910 g/mol. The van der Waals surface area contributed by atoms with E-state index in [1.807, 2.05) is 176 Å². The lowest BCUT2D eigenvalue weighted by atomic mass is 10.0. The van der Waals surface area contributed by atoms with Crippen LogP contribution in [0.15, 0.2) is 461 Å². The molecule has 34 rings (SSSR count). The van der Waals surface area contributed by atoms with Gasteiger partial charge in [0.2, 0.25) is 0 Å². The number of aromatic nitrogens is 18. The van der Waals surface area contributed by atoms with Crippen LogP contribution in [0.5, 0.6) is 0 Å². The van der Waals surface area contributed by atoms with Gasteiger partial charge in [-0.3, -0.25) is 18.7 Å². The van der Waals surface area contributed by atoms with Crippen molar-refractivity contribution < 1.29 is 0 Å². The Morgan fingerprint density at radius 1 is 0.140 bits per heavy atom. The quantitative estimate of drug-likeness (QED) is 0.126. The van der Waals surface area contributed by atoms with E-state index in [4.69, 9.17) is 59.8 Å². The largest absolute Gasteiger partial charge is 0.308 e. The average Bonchev–Trinajstić information content (AvgIpc) is 1.53. The van der Waals surface area contributed by atoms with Gasteiger partial charge in [-0.2, -0.15) is 0 Å². The molecule has 0 aliphatic carbocycles. The first-order valence-electron chi connectivity index (χ1n) is 50.3. The number of pyridine rings is 1. The van der Waals surface area contributed by atoms with Gasteiger partial charge in [-0.05, 0) is 143 Å². The van der Waals surface area contributed by atoms with Gasteiger partial charge in [0.1, 0.15) is 5.69 Å². The van der Waals surface area contributed by atoms with Crippen molar-refractivity contribution in [3.05, 3.63) is 461 Å². The van der Waals surface area contributed by atoms with Crippen molar-refractivity contribution >= 4 is 213 Å². The van der Waals surface area contributed by atoms with E-state index in [2.05, 4.69) is 312 Å². The summed E-state index contributed by atoms with van der Waals surface area (Å²) in [5.41, 5.74) is 30.7. The minimum Gasteiger partial charge on any atom is -0.308 e. The number of fused-ring (bicyclic) bond motifs is 18. The van der Waals surface area contributed by atoms with Gasteiger partial charge in [-0.25, -0.2) is 54.8 Å². The standard InChI is InChI=1S/C47H27N7.C43H25N5.C42H24N6/c1-3-14-28(15-4-1)44-50-45(29-16-5-2-6-17-29)52-46(51-44)42-47(49-35-23-9-8-22-34(35)48-42)54-37-25-12-19-31-33-21-11-20-32-30-18-7-10-24-36(30)53(43(32)33)38-26-13-27-39(54)41(38)40(31)37;1-2-11-26(12-3-1)27-23-24-34(44-25-27)41-43(46-33-18-6-5-17-32(33)45-41)48-36-20-9-14-29-31-16-8-15-30-28-13-4-7-19-35(28)47(42(30)31)37-21-10-22-38(48)40(37)39(29)36;1-2-11-25(12-3-1)26-23-43-41(44-24-26)39-42(46-32-18-6-5-17-31(32)45-39)48-34-20-9-14-28-30-16-8-15-29-27-13-4-7-19-33(27)47(40(29)30)35-21-10-22-36(48)38(35)37(28)34/h1-27H;1-25H;1-24H. The van der Waals surface area contributed by atoms with Crippen molar-refractivity contribution in [3.63, 3.8) is 0 Å². The Labute approximate surface area is 852 Å². The lowest BCUT2D eigenvalue weighted by molar-refractivity contribution is 1.03. The van der Waals surface area contributed by atoms with Crippen LogP contribution in [0.2, 0.25) is 0 Å². The second-order valence-corrected chi connectivity index (χ2v) is 38.4. The van der Waals surface area contributed by atoms with Crippen molar-refractivity contribution in [2.75, 3.05) is 0 Å². The molecule has 0 unspecified atom stereocenters. The van der Waals surface area contributed by atoms with E-state index in [9.17, 15) is 0 Å². The molecule has 0 saturated carbocycles. The molecule has 15 aromatic heterocycles. The summed E-state index contributed by atoms with van der Waals surface area (Å²) in [5.74, 6) is 4.24. The molecule has 0 bridgehead atoms. The summed E-state index contributed by atoms with van der Waals surface area (Å²) in [4.78, 5) is 61.8. The highest BCUT2D eigenvalue weighted by Gasteiger charge is 2.32. The van der Waals surface area contributed by atoms with E-state index < -0.39 is 0 Å². The van der Waals surface area contributed by atoms with Gasteiger partial charge < -0.3 is 13.2 Å². The summed E-state index contributed by atoms with van der Waals surface area (Å²) in [6, 6.07) is 155. The van der Waals surface area contributed by atoms with Gasteiger partial charge in [0, 0.05) is 122 Å². The molecule has 150 heavy (non-hydrogen) atoms. The Morgan fingerprint density at radius 3 is 0.760 bits per heavy atom. The molecule has 0 spiro atoms. The zero-order chi connectivity index (χ0) is 98.0. The molecule has 18 nitrogen and oxygen atoms in total. The fraction of sp³-hybridized carbons (Fsp3) is 0. The Kier molecular flexibility index (Phi) is 17.9. The molecule has 0 N–H and O–H groups in total. The molecule has 0 saturated heterocycles. The van der Waals surface area contributed by atoms with Crippen LogP contribution in [0.4, 0.5) is 0 Å². The normalized spacial score (nSPS) is 12.1. The molecule has 0 fully saturated rings. The van der Waals surface area contributed by atoms with Crippen molar-refractivity contribution in [2.45, 2.75) is 0 Å². The first kappa shape index (κ1) is 82.8. The summed E-state index contributed by atoms with van der Waals surface area (Å²) in [5, 5.41) is 21.9. The molecular formula is C132H76N18. The highest BCUT2D eigenvalue weighted by Crippen LogP contribution is 2.51. The number of benzene rings is 19. The van der Waals surface area contributed by atoms with Crippen LogP contribution in [0, 0.1) is 0 Å². The number of rotatable bonds is 10. The molecule has 0 radical (unpaired) electrons. The van der Waals surface area contributed by atoms with Crippen LogP contribution in [-0.2, 0) is 0 Å². The van der Waals surface area contributed by atoms with Gasteiger partial charge in [0.15, 0.2) is 52.1 Å². The first-order valence-corrected chi connectivity index (χ1v) is 50.3. The van der Waals surface area contributed by atoms with E-state index in [-0.39, 0.29) is 0 Å². The molecule has 0 aliphatic heterocycles. The zero-order valence-corrected chi connectivity index (χ0v) is 79.9. The minimum absolute atomic E-state index is 0.453. The number of hydrogen-bond donors (Lipinski definition) is 0. The smallest absolute Gasteiger partial charge is 0.186 e. The maximum Gasteiger partial charge on any atom is 0.186 e. The second-order valence-electron chi connectivity index (χ2n) is 38.4. The molecule has 19 aromatic carbocycles. The predicted octanol–water partition coefficient (Wildman–Crippen LogP) is 31.7. The van der Waals surface area contributed by atoms with Gasteiger partial charge in [0.25, 0.3) is 0 Å². The van der Waals surface area contributed by atoms with Crippen molar-refractivity contribution in [1.82, 2.24) is 86.7 Å². The van der Waals surface area contributed by atoms with E-state index >= 15 is 0 Å². The van der Waals surface area contributed by atoms with Crippen LogP contribution >= 0.6 is 0 Å². The number of hydrogen-bond acceptors (Lipinski definition) is 12. The molecule has 18 heteroatoms. The van der Waals surface area contributed by atoms with Gasteiger partial charge in [-0.1, -0.05) is 328 Å². The third-order valence-electron chi connectivity index (χ3n) is 30.3. The fourth-order valence-corrected chi connectivity index (χ4v) is 24.0. The molecule has 0 amide bonds. The Hall–Kier alpha value is -20.8. The summed E-state index contributed by atoms with van der Waals surface area (Å²) in [6.07, 6.45) is 5.68. The van der Waals surface area contributed by atoms with E-state index in [0.29, 0.717) is 46.3 Å². The van der Waals surface area contributed by atoms with Gasteiger partial charge >= 0.3 is 0 Å². The number of nitrogens with zero attached hydrogens (tertiary/aromatic N) is 18. The Balaban J connectivity index is 0.0000000995. The minimum atomic E-state index is 0.453. The van der Waals surface area contributed by atoms with E-state index in [1.165, 1.54) is 130 Å². The lowest BCUT2D eigenvalue weighted by Gasteiger charge is -2.14. The molecular weight excluding hydrogens is 1840 g/mol. The highest BCUT2D eigenvalue weighted by atomic mass is 15.2. The maximum absolute atomic E-state index is 5.42. The van der Waals surface area contributed by atoms with Crippen LogP contribution in [-0.4, -0.2) is 86.7 Å². The second kappa shape index (κ2) is 32.4. The van der Waals surface area contributed by atoms with Crippen LogP contribution in [0.25, 0.3) is 310 Å². The Morgan fingerprint density at radius 2 is 0.393 bits per heavy atom. The van der Waals surface area contributed by atoms with E-state index in [1.54, 1.807) is 0 Å². The topological polar surface area (TPSA) is 183 Å².